The Morgan fingerprint density at radius 3 is 1.71 bits per heavy atom. The monoisotopic (exact) mass is 935 g/mol. The summed E-state index contributed by atoms with van der Waals surface area (Å²) in [6, 6.07) is 0. The van der Waals surface area contributed by atoms with E-state index >= 15 is 0 Å². The van der Waals surface area contributed by atoms with Crippen LogP contribution in [0.15, 0.2) is 48.6 Å². The molecule has 0 aliphatic carbocycles. The fourth-order valence-electron chi connectivity index (χ4n) is 6.22. The van der Waals surface area contributed by atoms with Gasteiger partial charge in [0.15, 0.2) is 11.9 Å². The smallest absolute Gasteiger partial charge is 0.462 e. The predicted octanol–water partition coefficient (Wildman–Crippen LogP) is 11.7. The number of carbonyl (C=O) groups excluding carboxylic acids is 3. The third kappa shape index (κ3) is 44.7. The molecule has 0 heterocycles. The lowest BCUT2D eigenvalue weighted by atomic mass is 9.99. The van der Waals surface area contributed by atoms with Crippen molar-refractivity contribution >= 4 is 33.4 Å². The van der Waals surface area contributed by atoms with Gasteiger partial charge in [0.25, 0.3) is 0 Å². The number of rotatable bonds is 44. The molecule has 366 valence electrons. The number of ether oxygens (including phenoxy) is 2. The van der Waals surface area contributed by atoms with Crippen LogP contribution in [0.4, 0.5) is 0 Å². The maximum atomic E-state index is 12.7. The molecule has 0 saturated carbocycles. The van der Waals surface area contributed by atoms with Crippen molar-refractivity contribution in [2.24, 2.45) is 5.92 Å². The van der Waals surface area contributed by atoms with Gasteiger partial charge in [0.05, 0.1) is 19.8 Å². The van der Waals surface area contributed by atoms with Gasteiger partial charge in [-0.15, -0.1) is 0 Å². The zero-order valence-electron chi connectivity index (χ0n) is 38.8. The van der Waals surface area contributed by atoms with Crippen molar-refractivity contribution in [3.05, 3.63) is 48.6 Å². The van der Waals surface area contributed by atoms with Crippen LogP contribution in [0.3, 0.4) is 0 Å². The summed E-state index contributed by atoms with van der Waals surface area (Å²) >= 11 is 0. The van der Waals surface area contributed by atoms with Gasteiger partial charge in [0.1, 0.15) is 12.7 Å². The number of hydrogen-bond acceptors (Lipinski definition) is 11. The largest absolute Gasteiger partial charge is 0.472 e. The van der Waals surface area contributed by atoms with Crippen LogP contribution in [0.1, 0.15) is 188 Å². The fourth-order valence-corrected chi connectivity index (χ4v) is 7.37. The molecule has 4 atom stereocenters. The highest BCUT2D eigenvalue weighted by atomic mass is 31.2. The molecule has 14 nitrogen and oxygen atoms in total. The van der Waals surface area contributed by atoms with E-state index in [0.717, 1.165) is 44.4 Å². The summed E-state index contributed by atoms with van der Waals surface area (Å²) in [6.45, 7) is 3.83. The van der Waals surface area contributed by atoms with Crippen LogP contribution < -0.4 is 0 Å². The van der Waals surface area contributed by atoms with Crippen LogP contribution in [0.2, 0.25) is 0 Å². The van der Waals surface area contributed by atoms with Gasteiger partial charge in [-0.05, 0) is 50.5 Å². The molecule has 0 aliphatic rings. The summed E-state index contributed by atoms with van der Waals surface area (Å²) < 4.78 is 47.6. The average molecular weight is 935 g/mol. The highest BCUT2D eigenvalue weighted by Crippen LogP contribution is 2.43. The number of phosphoric ester groups is 2. The molecule has 16 heteroatoms. The molecule has 0 aromatic carbocycles. The molecule has 0 bridgehead atoms. The summed E-state index contributed by atoms with van der Waals surface area (Å²) in [5, 5.41) is 9.75. The van der Waals surface area contributed by atoms with Crippen molar-refractivity contribution in [2.45, 2.75) is 200 Å². The molecule has 0 amide bonds. The van der Waals surface area contributed by atoms with Crippen molar-refractivity contribution < 1.29 is 66.3 Å². The maximum absolute atomic E-state index is 12.7. The lowest BCUT2D eigenvalue weighted by molar-refractivity contribution is -0.161. The summed E-state index contributed by atoms with van der Waals surface area (Å²) in [7, 11) is -9.77. The summed E-state index contributed by atoms with van der Waals surface area (Å²) in [6.07, 6.45) is 38.2. The summed E-state index contributed by atoms with van der Waals surface area (Å²) in [4.78, 5) is 65.1. The Hall–Kier alpha value is -2.25. The van der Waals surface area contributed by atoms with Gasteiger partial charge in [-0.1, -0.05) is 172 Å². The first-order valence-electron chi connectivity index (χ1n) is 23.7. The normalized spacial score (nSPS) is 14.8. The molecule has 0 aliphatic heterocycles. The van der Waals surface area contributed by atoms with Crippen LogP contribution in [-0.2, 0) is 46.6 Å². The van der Waals surface area contributed by atoms with Crippen molar-refractivity contribution in [3.8, 4) is 0 Å². The minimum atomic E-state index is -4.89. The summed E-state index contributed by atoms with van der Waals surface area (Å²) in [5.41, 5.74) is 0. The highest BCUT2D eigenvalue weighted by molar-refractivity contribution is 7.47. The van der Waals surface area contributed by atoms with Crippen LogP contribution >= 0.6 is 15.6 Å². The fraction of sp³-hybridized carbons (Fsp3) is 0.766. The highest BCUT2D eigenvalue weighted by Gasteiger charge is 2.28. The van der Waals surface area contributed by atoms with E-state index in [0.29, 0.717) is 6.42 Å². The average Bonchev–Trinajstić information content (AvgIpc) is 3.24. The first kappa shape index (κ1) is 60.8. The Labute approximate surface area is 379 Å². The van der Waals surface area contributed by atoms with E-state index in [1.807, 2.05) is 6.08 Å². The summed E-state index contributed by atoms with van der Waals surface area (Å²) in [5.74, 6) is -0.613. The standard InChI is InChI=1S/C47H84O14P2/c1-4-6-7-8-9-10-11-14-18-21-24-27-30-34-43(48)35-32-37-47(51)61-45(41-60-63(55,56)59-39-44(49)38-58-62(52,53)54)40-57-46(50)36-31-28-25-22-19-16-13-12-15-17-20-23-26-29-33-42(3)5-2/h9-10,14,18,24,27,30,34,42,44-45,49H,4-8,11-13,15-17,19-23,25-26,28-29,31-33,35-41H2,1-3H3,(H,55,56)(H2,52,53,54)/b10-9-,18-14-,27-24-,34-30+/t42?,44-,45+/m0/s1. The second-order valence-electron chi connectivity index (χ2n) is 16.3. The Bertz CT molecular complexity index is 1380. The number of hydrogen-bond donors (Lipinski definition) is 4. The zero-order valence-corrected chi connectivity index (χ0v) is 40.6. The van der Waals surface area contributed by atoms with E-state index in [-0.39, 0.29) is 31.5 Å². The number of esters is 2. The Morgan fingerprint density at radius 1 is 0.571 bits per heavy atom. The minimum Gasteiger partial charge on any atom is -0.462 e. The first-order valence-corrected chi connectivity index (χ1v) is 26.7. The second kappa shape index (κ2) is 41.2. The van der Waals surface area contributed by atoms with Crippen LogP contribution in [0.25, 0.3) is 0 Å². The van der Waals surface area contributed by atoms with Gasteiger partial charge < -0.3 is 29.3 Å². The number of phosphoric acid groups is 2. The van der Waals surface area contributed by atoms with E-state index in [2.05, 4.69) is 54.1 Å². The molecule has 0 saturated heterocycles. The molecule has 0 radical (unpaired) electrons. The Balaban J connectivity index is 4.64. The SMILES string of the molecule is CCCCC/C=C\C/C=C\C/C=C\C=C\C(=O)CCCC(=O)O[C@H](COC(=O)CCCCCCCCCCCCCCCCC(C)CC)COP(=O)(O)OC[C@@H](O)COP(=O)(O)O. The second-order valence-corrected chi connectivity index (χ2v) is 19.0. The van der Waals surface area contributed by atoms with E-state index in [1.165, 1.54) is 102 Å². The molecule has 0 rings (SSSR count). The number of aliphatic hydroxyl groups excluding tert-OH is 1. The number of aliphatic hydroxyl groups is 1. The molecule has 0 aromatic rings. The molecule has 0 spiro atoms. The number of carbonyl (C=O) groups is 3. The molecular formula is C47H84O14P2. The molecule has 4 N–H and O–H groups in total. The number of ketones is 1. The minimum absolute atomic E-state index is 0.0761. The van der Waals surface area contributed by atoms with Gasteiger partial charge >= 0.3 is 27.6 Å². The third-order valence-electron chi connectivity index (χ3n) is 10.2. The number of allylic oxidation sites excluding steroid dienone is 8. The molecule has 63 heavy (non-hydrogen) atoms. The predicted molar refractivity (Wildman–Crippen MR) is 249 cm³/mol. The Morgan fingerprint density at radius 2 is 1.11 bits per heavy atom. The molecular weight excluding hydrogens is 850 g/mol. The van der Waals surface area contributed by atoms with Gasteiger partial charge in [0.2, 0.25) is 0 Å². The Kier molecular flexibility index (Phi) is 39.7. The first-order chi connectivity index (χ1) is 30.2. The van der Waals surface area contributed by atoms with Crippen LogP contribution in [0.5, 0.6) is 0 Å². The van der Waals surface area contributed by atoms with Crippen LogP contribution in [0, 0.1) is 5.92 Å². The van der Waals surface area contributed by atoms with Gasteiger partial charge in [0, 0.05) is 19.3 Å². The quantitative estimate of drug-likeness (QED) is 0.0112. The van der Waals surface area contributed by atoms with Crippen molar-refractivity contribution in [3.63, 3.8) is 0 Å². The topological polar surface area (TPSA) is 212 Å². The van der Waals surface area contributed by atoms with Gasteiger partial charge in [-0.2, -0.15) is 0 Å². The van der Waals surface area contributed by atoms with Gasteiger partial charge in [-0.3, -0.25) is 28.0 Å². The lowest BCUT2D eigenvalue weighted by Crippen LogP contribution is -2.30. The number of unbranched alkanes of at least 4 members (excludes halogenated alkanes) is 16. The van der Waals surface area contributed by atoms with Crippen molar-refractivity contribution in [1.29, 1.82) is 0 Å². The van der Waals surface area contributed by atoms with E-state index in [9.17, 15) is 33.5 Å². The van der Waals surface area contributed by atoms with Crippen molar-refractivity contribution in [1.82, 2.24) is 0 Å². The zero-order chi connectivity index (χ0) is 46.9. The third-order valence-corrected chi connectivity index (χ3v) is 11.7. The maximum Gasteiger partial charge on any atom is 0.472 e. The van der Waals surface area contributed by atoms with E-state index in [4.69, 9.17) is 23.8 Å². The molecule has 0 aromatic heterocycles. The van der Waals surface area contributed by atoms with Crippen molar-refractivity contribution in [2.75, 3.05) is 26.4 Å². The van der Waals surface area contributed by atoms with Crippen LogP contribution in [-0.4, -0.2) is 76.1 Å². The van der Waals surface area contributed by atoms with E-state index in [1.54, 1.807) is 12.2 Å². The molecule has 2 unspecified atom stereocenters. The molecule has 0 fully saturated rings. The van der Waals surface area contributed by atoms with E-state index < -0.39 is 66.2 Å². The van der Waals surface area contributed by atoms with Gasteiger partial charge in [-0.25, -0.2) is 9.13 Å². The lowest BCUT2D eigenvalue weighted by Gasteiger charge is -2.20.